The second-order valence-electron chi connectivity index (χ2n) is 10.8. The molecule has 0 saturated heterocycles. The summed E-state index contributed by atoms with van der Waals surface area (Å²) in [6, 6.07) is 21.7. The highest BCUT2D eigenvalue weighted by atomic mass is 35.5. The van der Waals surface area contributed by atoms with Crippen molar-refractivity contribution in [3.8, 4) is 5.75 Å². The number of fused-ring (bicyclic) bond motifs is 1. The maximum absolute atomic E-state index is 12.8. The first kappa shape index (κ1) is 25.5. The van der Waals surface area contributed by atoms with E-state index in [1.807, 2.05) is 48.7 Å². The van der Waals surface area contributed by atoms with Crippen LogP contribution in [0.3, 0.4) is 0 Å². The topological polar surface area (TPSA) is 93.4 Å². The predicted molar refractivity (Wildman–Crippen MR) is 158 cm³/mol. The van der Waals surface area contributed by atoms with Crippen LogP contribution in [0.4, 0.5) is 11.6 Å². The molecule has 1 amide bonds. The van der Waals surface area contributed by atoms with Crippen molar-refractivity contribution < 1.29 is 9.53 Å². The number of ether oxygens (including phenoxy) is 1. The fraction of sp³-hybridized carbons (Fsp3) is 0.250. The summed E-state index contributed by atoms with van der Waals surface area (Å²) in [6.45, 7) is 0.948. The van der Waals surface area contributed by atoms with Crippen LogP contribution in [-0.2, 0) is 17.9 Å². The lowest BCUT2D eigenvalue weighted by atomic mass is 10.1. The molecule has 7 rings (SSSR count). The van der Waals surface area contributed by atoms with E-state index >= 15 is 0 Å². The summed E-state index contributed by atoms with van der Waals surface area (Å²) >= 11 is 6.12. The van der Waals surface area contributed by atoms with Crippen LogP contribution in [0.25, 0.3) is 5.65 Å². The molecule has 2 aliphatic carbocycles. The van der Waals surface area contributed by atoms with Gasteiger partial charge in [-0.15, -0.1) is 0 Å². The molecule has 2 fully saturated rings. The molecule has 3 heterocycles. The number of imidazole rings is 1. The van der Waals surface area contributed by atoms with Gasteiger partial charge in [0.15, 0.2) is 11.4 Å². The Labute approximate surface area is 242 Å². The van der Waals surface area contributed by atoms with Crippen LogP contribution in [0.5, 0.6) is 5.75 Å². The average Bonchev–Trinajstić information content (AvgIpc) is 3.92. The molecule has 206 valence electrons. The van der Waals surface area contributed by atoms with E-state index < -0.39 is 0 Å². The molecule has 2 N–H and O–H groups in total. The van der Waals surface area contributed by atoms with Crippen LogP contribution in [-0.4, -0.2) is 25.3 Å². The molecule has 2 aromatic carbocycles. The minimum absolute atomic E-state index is 0.0468. The van der Waals surface area contributed by atoms with Gasteiger partial charge in [-0.25, -0.2) is 15.0 Å². The largest absolute Gasteiger partial charge is 0.485 e. The van der Waals surface area contributed by atoms with Crippen LogP contribution >= 0.6 is 11.6 Å². The Bertz CT molecular complexity index is 1720. The Morgan fingerprint density at radius 1 is 0.976 bits per heavy atom. The molecule has 9 heteroatoms. The number of benzene rings is 2. The number of hydrogen-bond acceptors (Lipinski definition) is 6. The van der Waals surface area contributed by atoms with E-state index in [1.54, 1.807) is 6.07 Å². The Kier molecular flexibility index (Phi) is 6.76. The summed E-state index contributed by atoms with van der Waals surface area (Å²) in [5.74, 6) is 2.50. The number of carbonyl (C=O) groups excluding carboxylic acids is 1. The summed E-state index contributed by atoms with van der Waals surface area (Å²) < 4.78 is 8.31. The normalized spacial score (nSPS) is 17.8. The summed E-state index contributed by atoms with van der Waals surface area (Å²) in [6.07, 6.45) is 8.85. The van der Waals surface area contributed by atoms with Gasteiger partial charge in [0.1, 0.15) is 24.6 Å². The Hall–Kier alpha value is -4.43. The second-order valence-corrected chi connectivity index (χ2v) is 11.2. The first-order valence-electron chi connectivity index (χ1n) is 13.9. The number of nitrogens with one attached hydrogen (secondary N) is 2. The maximum Gasteiger partial charge on any atom is 0.229 e. The number of pyridine rings is 1. The van der Waals surface area contributed by atoms with Gasteiger partial charge in [0.05, 0.1) is 12.2 Å². The van der Waals surface area contributed by atoms with Crippen molar-refractivity contribution in [1.29, 1.82) is 0 Å². The second kappa shape index (κ2) is 10.9. The fourth-order valence-corrected chi connectivity index (χ4v) is 5.42. The third-order valence-corrected chi connectivity index (χ3v) is 7.88. The van der Waals surface area contributed by atoms with Crippen molar-refractivity contribution >= 4 is 34.8 Å². The first-order chi connectivity index (χ1) is 20.1. The number of nitrogens with zero attached hydrogens (tertiary/aromatic N) is 4. The van der Waals surface area contributed by atoms with Crippen LogP contribution in [0.15, 0.2) is 85.5 Å². The number of hydrogen-bond donors (Lipinski definition) is 2. The number of rotatable bonds is 10. The number of carbonyl (C=O) groups is 1. The monoisotopic (exact) mass is 564 g/mol. The predicted octanol–water partition coefficient (Wildman–Crippen LogP) is 6.59. The highest BCUT2D eigenvalue weighted by Gasteiger charge is 2.44. The molecule has 0 spiro atoms. The van der Waals surface area contributed by atoms with Crippen molar-refractivity contribution in [2.24, 2.45) is 5.92 Å². The molecule has 2 atom stereocenters. The summed E-state index contributed by atoms with van der Waals surface area (Å²) in [7, 11) is 0. The van der Waals surface area contributed by atoms with Gasteiger partial charge in [-0.05, 0) is 66.0 Å². The van der Waals surface area contributed by atoms with Gasteiger partial charge >= 0.3 is 0 Å². The van der Waals surface area contributed by atoms with Gasteiger partial charge in [-0.1, -0.05) is 54.1 Å². The van der Waals surface area contributed by atoms with Crippen LogP contribution in [0, 0.1) is 5.92 Å². The third-order valence-electron chi connectivity index (χ3n) is 7.65. The molecule has 2 saturated carbocycles. The highest BCUT2D eigenvalue weighted by molar-refractivity contribution is 6.30. The molecular formula is C32H29ClN6O2. The van der Waals surface area contributed by atoms with Crippen molar-refractivity contribution in [2.75, 3.05) is 10.6 Å². The summed E-state index contributed by atoms with van der Waals surface area (Å²) in [5.41, 5.74) is 5.13. The lowest BCUT2D eigenvalue weighted by Crippen LogP contribution is -2.16. The molecule has 5 aromatic rings. The van der Waals surface area contributed by atoms with Gasteiger partial charge in [0, 0.05) is 29.4 Å². The van der Waals surface area contributed by atoms with Gasteiger partial charge in [0.25, 0.3) is 0 Å². The smallest absolute Gasteiger partial charge is 0.229 e. The first-order valence-corrected chi connectivity index (χ1v) is 14.3. The minimum atomic E-state index is -0.0864. The lowest BCUT2D eigenvalue weighted by molar-refractivity contribution is -0.117. The van der Waals surface area contributed by atoms with E-state index in [9.17, 15) is 4.79 Å². The number of aromatic nitrogens is 4. The van der Waals surface area contributed by atoms with Crippen LogP contribution in [0.2, 0.25) is 5.02 Å². The maximum atomic E-state index is 12.8. The highest BCUT2D eigenvalue weighted by Crippen LogP contribution is 2.48. The zero-order valence-corrected chi connectivity index (χ0v) is 23.1. The van der Waals surface area contributed by atoms with Crippen molar-refractivity contribution in [1.82, 2.24) is 19.4 Å². The molecule has 3 aromatic heterocycles. The molecular weight excluding hydrogens is 536 g/mol. The number of anilines is 2. The van der Waals surface area contributed by atoms with E-state index in [-0.39, 0.29) is 17.7 Å². The molecule has 0 radical (unpaired) electrons. The van der Waals surface area contributed by atoms with E-state index in [4.69, 9.17) is 21.3 Å². The van der Waals surface area contributed by atoms with Gasteiger partial charge < -0.3 is 19.8 Å². The summed E-state index contributed by atoms with van der Waals surface area (Å²) in [5, 5.41) is 6.94. The van der Waals surface area contributed by atoms with Gasteiger partial charge in [-0.2, -0.15) is 0 Å². The minimum Gasteiger partial charge on any atom is -0.485 e. The Balaban J connectivity index is 1.01. The molecule has 2 unspecified atom stereocenters. The quantitative estimate of drug-likeness (QED) is 0.199. The molecule has 8 nitrogen and oxygen atoms in total. The standard InChI is InChI=1S/C32H29ClN6O2/c33-24-8-4-7-22(11-24)26-13-27(26)32(40)38-30-14-29(35-19-36-30)34-15-25-17-39-16-23(21-9-10-21)12-28(31(39)37-25)41-18-20-5-2-1-3-6-20/h1-8,11-12,14,16-17,19,21,26-27H,9-10,13,15,18H2,(H2,34,35,36,38,40). The van der Waals surface area contributed by atoms with Gasteiger partial charge in [-0.3, -0.25) is 4.79 Å². The van der Waals surface area contributed by atoms with E-state index in [0.717, 1.165) is 34.6 Å². The fourth-order valence-electron chi connectivity index (χ4n) is 5.22. The molecule has 0 bridgehead atoms. The third kappa shape index (κ3) is 5.88. The van der Waals surface area contributed by atoms with Crippen LogP contribution in [0.1, 0.15) is 53.5 Å². The van der Waals surface area contributed by atoms with Gasteiger partial charge in [0.2, 0.25) is 5.91 Å². The zero-order chi connectivity index (χ0) is 27.8. The molecule has 0 aliphatic heterocycles. The van der Waals surface area contributed by atoms with Crippen molar-refractivity contribution in [3.05, 3.63) is 113 Å². The Morgan fingerprint density at radius 2 is 1.83 bits per heavy atom. The lowest BCUT2D eigenvalue weighted by Gasteiger charge is -2.10. The molecule has 2 aliphatic rings. The number of amides is 1. The Morgan fingerprint density at radius 3 is 2.66 bits per heavy atom. The van der Waals surface area contributed by atoms with Crippen LogP contribution < -0.4 is 15.4 Å². The van der Waals surface area contributed by atoms with E-state index in [0.29, 0.717) is 35.7 Å². The summed E-state index contributed by atoms with van der Waals surface area (Å²) in [4.78, 5) is 26.3. The molecule has 41 heavy (non-hydrogen) atoms. The number of halogens is 1. The van der Waals surface area contributed by atoms with Crippen molar-refractivity contribution in [2.45, 2.75) is 44.2 Å². The van der Waals surface area contributed by atoms with Crippen molar-refractivity contribution in [3.63, 3.8) is 0 Å². The zero-order valence-electron chi connectivity index (χ0n) is 22.3. The van der Waals surface area contributed by atoms with E-state index in [2.05, 4.69) is 49.4 Å². The average molecular weight is 565 g/mol. The SMILES string of the molecule is O=C(Nc1cc(NCc2cn3cc(C4CC4)cc(OCc4ccccc4)c3n2)ncn1)C1CC1c1cccc(Cl)c1. The van der Waals surface area contributed by atoms with E-state index in [1.165, 1.54) is 24.7 Å².